The van der Waals surface area contributed by atoms with E-state index in [0.29, 0.717) is 16.1 Å². The van der Waals surface area contributed by atoms with Crippen molar-refractivity contribution in [1.82, 2.24) is 14.8 Å². The van der Waals surface area contributed by atoms with Gasteiger partial charge < -0.3 is 15.4 Å². The Balaban J connectivity index is 1.53. The number of aromatic nitrogens is 1. The zero-order chi connectivity index (χ0) is 14.8. The molecular formula is C14H22N4O2S. The fourth-order valence-electron chi connectivity index (χ4n) is 2.97. The van der Waals surface area contributed by atoms with Gasteiger partial charge in [-0.1, -0.05) is 11.3 Å². The molecular weight excluding hydrogens is 288 g/mol. The van der Waals surface area contributed by atoms with Crippen LogP contribution in [0.25, 0.3) is 0 Å². The van der Waals surface area contributed by atoms with Gasteiger partial charge in [0, 0.05) is 39.3 Å². The molecule has 7 heteroatoms. The van der Waals surface area contributed by atoms with Crippen LogP contribution in [0.15, 0.2) is 0 Å². The summed E-state index contributed by atoms with van der Waals surface area (Å²) in [5.74, 6) is 0.0680. The summed E-state index contributed by atoms with van der Waals surface area (Å²) in [4.78, 5) is 21.6. The highest BCUT2D eigenvalue weighted by molar-refractivity contribution is 7.17. The lowest BCUT2D eigenvalue weighted by atomic mass is 10.2. The average Bonchev–Trinajstić information content (AvgIpc) is 3.08. The number of carbonyl (C=O) groups excluding carboxylic acids is 1. The third kappa shape index (κ3) is 3.36. The number of amides is 1. The first-order chi connectivity index (χ1) is 10.1. The van der Waals surface area contributed by atoms with Crippen LogP contribution in [0.4, 0.5) is 5.13 Å². The summed E-state index contributed by atoms with van der Waals surface area (Å²) in [5, 5.41) is 0.466. The van der Waals surface area contributed by atoms with Crippen molar-refractivity contribution < 1.29 is 9.53 Å². The third-order valence-electron chi connectivity index (χ3n) is 4.15. The van der Waals surface area contributed by atoms with Crippen molar-refractivity contribution in [2.24, 2.45) is 0 Å². The van der Waals surface area contributed by atoms with Crippen molar-refractivity contribution in [3.8, 4) is 0 Å². The lowest BCUT2D eigenvalue weighted by Gasteiger charge is -2.35. The minimum absolute atomic E-state index is 0.0680. The number of carbonyl (C=O) groups is 1. The number of ether oxygens (including phenoxy) is 1. The van der Waals surface area contributed by atoms with Gasteiger partial charge in [0.25, 0.3) is 5.91 Å². The SMILES string of the molecule is Cc1nc(N)sc1C(=O)N1CCN(CC2CCCO2)CC1. The van der Waals surface area contributed by atoms with Crippen molar-refractivity contribution in [2.75, 3.05) is 45.1 Å². The fraction of sp³-hybridized carbons (Fsp3) is 0.714. The minimum atomic E-state index is 0.0680. The Kier molecular flexibility index (Phi) is 4.42. The van der Waals surface area contributed by atoms with Crippen molar-refractivity contribution >= 4 is 22.4 Å². The molecule has 2 N–H and O–H groups in total. The van der Waals surface area contributed by atoms with E-state index >= 15 is 0 Å². The van der Waals surface area contributed by atoms with Crippen LogP contribution in [0.2, 0.25) is 0 Å². The molecule has 1 unspecified atom stereocenters. The van der Waals surface area contributed by atoms with Crippen LogP contribution in [0.1, 0.15) is 28.2 Å². The molecule has 0 saturated carbocycles. The standard InChI is InChI=1S/C14H22N4O2S/c1-10-12(21-14(15)16-10)13(19)18-6-4-17(5-7-18)9-11-3-2-8-20-11/h11H,2-9H2,1H3,(H2,15,16). The summed E-state index contributed by atoms with van der Waals surface area (Å²) in [6, 6.07) is 0. The number of thiazole rings is 1. The average molecular weight is 310 g/mol. The molecule has 2 fully saturated rings. The molecule has 0 aromatic carbocycles. The quantitative estimate of drug-likeness (QED) is 0.901. The number of rotatable bonds is 3. The topological polar surface area (TPSA) is 71.7 Å². The molecule has 2 saturated heterocycles. The Labute approximate surface area is 128 Å². The van der Waals surface area contributed by atoms with Crippen LogP contribution >= 0.6 is 11.3 Å². The van der Waals surface area contributed by atoms with E-state index in [0.717, 1.165) is 45.0 Å². The van der Waals surface area contributed by atoms with E-state index < -0.39 is 0 Å². The normalized spacial score (nSPS) is 23.7. The van der Waals surface area contributed by atoms with Crippen LogP contribution in [-0.4, -0.2) is 66.1 Å². The fourth-order valence-corrected chi connectivity index (χ4v) is 3.77. The third-order valence-corrected chi connectivity index (χ3v) is 5.13. The second-order valence-electron chi connectivity index (χ2n) is 5.69. The summed E-state index contributed by atoms with van der Waals surface area (Å²) in [7, 11) is 0. The molecule has 2 aliphatic heterocycles. The Bertz CT molecular complexity index is 505. The summed E-state index contributed by atoms with van der Waals surface area (Å²) < 4.78 is 5.68. The molecule has 2 aliphatic rings. The predicted molar refractivity (Wildman–Crippen MR) is 82.6 cm³/mol. The molecule has 0 bridgehead atoms. The molecule has 0 spiro atoms. The highest BCUT2D eigenvalue weighted by atomic mass is 32.1. The lowest BCUT2D eigenvalue weighted by molar-refractivity contribution is 0.0435. The maximum Gasteiger partial charge on any atom is 0.266 e. The minimum Gasteiger partial charge on any atom is -0.377 e. The number of aryl methyl sites for hydroxylation is 1. The lowest BCUT2D eigenvalue weighted by Crippen LogP contribution is -2.50. The summed E-state index contributed by atoms with van der Waals surface area (Å²) in [6.45, 7) is 7.10. The van der Waals surface area contributed by atoms with Crippen molar-refractivity contribution in [2.45, 2.75) is 25.9 Å². The highest BCUT2D eigenvalue weighted by Gasteiger charge is 2.27. The molecule has 3 rings (SSSR count). The second-order valence-corrected chi connectivity index (χ2v) is 6.73. The maximum atomic E-state index is 12.5. The van der Waals surface area contributed by atoms with Gasteiger partial charge in [0.05, 0.1) is 11.8 Å². The first-order valence-corrected chi connectivity index (χ1v) is 8.31. The largest absolute Gasteiger partial charge is 0.377 e. The Hall–Kier alpha value is -1.18. The molecule has 1 aromatic heterocycles. The van der Waals surface area contributed by atoms with Gasteiger partial charge in [-0.2, -0.15) is 0 Å². The maximum absolute atomic E-state index is 12.5. The Morgan fingerprint density at radius 1 is 1.43 bits per heavy atom. The number of nitrogens with two attached hydrogens (primary N) is 1. The smallest absolute Gasteiger partial charge is 0.266 e. The van der Waals surface area contributed by atoms with Crippen molar-refractivity contribution in [1.29, 1.82) is 0 Å². The van der Waals surface area contributed by atoms with E-state index in [1.807, 2.05) is 11.8 Å². The van der Waals surface area contributed by atoms with E-state index in [9.17, 15) is 4.79 Å². The van der Waals surface area contributed by atoms with Gasteiger partial charge in [-0.05, 0) is 19.8 Å². The highest BCUT2D eigenvalue weighted by Crippen LogP contribution is 2.22. The first kappa shape index (κ1) is 14.7. The van der Waals surface area contributed by atoms with Crippen LogP contribution in [0, 0.1) is 6.92 Å². The number of hydrogen-bond acceptors (Lipinski definition) is 6. The van der Waals surface area contributed by atoms with Gasteiger partial charge in [-0.3, -0.25) is 9.69 Å². The Morgan fingerprint density at radius 3 is 2.76 bits per heavy atom. The van der Waals surface area contributed by atoms with Gasteiger partial charge >= 0.3 is 0 Å². The Morgan fingerprint density at radius 2 is 2.19 bits per heavy atom. The summed E-state index contributed by atoms with van der Waals surface area (Å²) in [6.07, 6.45) is 2.73. The van der Waals surface area contributed by atoms with Gasteiger partial charge in [0.1, 0.15) is 4.88 Å². The van der Waals surface area contributed by atoms with E-state index in [4.69, 9.17) is 10.5 Å². The van der Waals surface area contributed by atoms with E-state index in [1.54, 1.807) is 0 Å². The molecule has 1 aromatic rings. The van der Waals surface area contributed by atoms with Crippen LogP contribution in [0.3, 0.4) is 0 Å². The summed E-state index contributed by atoms with van der Waals surface area (Å²) in [5.41, 5.74) is 6.41. The molecule has 0 radical (unpaired) electrons. The van der Waals surface area contributed by atoms with Crippen LogP contribution in [-0.2, 0) is 4.74 Å². The van der Waals surface area contributed by atoms with Gasteiger partial charge in [-0.25, -0.2) is 4.98 Å². The molecule has 0 aliphatic carbocycles. The molecule has 6 nitrogen and oxygen atoms in total. The van der Waals surface area contributed by atoms with Gasteiger partial charge in [-0.15, -0.1) is 0 Å². The van der Waals surface area contributed by atoms with Gasteiger partial charge in [0.15, 0.2) is 5.13 Å². The molecule has 3 heterocycles. The molecule has 21 heavy (non-hydrogen) atoms. The second kappa shape index (κ2) is 6.29. The number of anilines is 1. The number of nitrogens with zero attached hydrogens (tertiary/aromatic N) is 3. The predicted octanol–water partition coefficient (Wildman–Crippen LogP) is 0.971. The van der Waals surface area contributed by atoms with Gasteiger partial charge in [0.2, 0.25) is 0 Å². The zero-order valence-electron chi connectivity index (χ0n) is 12.4. The molecule has 116 valence electrons. The molecule has 1 atom stereocenters. The monoisotopic (exact) mass is 310 g/mol. The van der Waals surface area contributed by atoms with Crippen LogP contribution in [0.5, 0.6) is 0 Å². The first-order valence-electron chi connectivity index (χ1n) is 7.49. The number of hydrogen-bond donors (Lipinski definition) is 1. The van der Waals surface area contributed by atoms with Crippen LogP contribution < -0.4 is 5.73 Å². The van der Waals surface area contributed by atoms with E-state index in [1.165, 1.54) is 24.2 Å². The zero-order valence-corrected chi connectivity index (χ0v) is 13.2. The molecule has 1 amide bonds. The van der Waals surface area contributed by atoms with Crippen molar-refractivity contribution in [3.05, 3.63) is 10.6 Å². The summed E-state index contributed by atoms with van der Waals surface area (Å²) >= 11 is 1.28. The number of piperazine rings is 1. The number of nitrogen functional groups attached to an aromatic ring is 1. The van der Waals surface area contributed by atoms with Crippen molar-refractivity contribution in [3.63, 3.8) is 0 Å². The van der Waals surface area contributed by atoms with E-state index in [-0.39, 0.29) is 5.91 Å². The van der Waals surface area contributed by atoms with E-state index in [2.05, 4.69) is 9.88 Å².